The van der Waals surface area contributed by atoms with E-state index in [4.69, 9.17) is 10.5 Å². The zero-order valence-corrected chi connectivity index (χ0v) is 17.1. The summed E-state index contributed by atoms with van der Waals surface area (Å²) >= 11 is 1.30. The molecule has 2 amide bonds. The molecule has 9 heteroatoms. The van der Waals surface area contributed by atoms with Gasteiger partial charge in [0.2, 0.25) is 5.88 Å². The molecule has 0 aliphatic carbocycles. The number of hydrogen-bond donors (Lipinski definition) is 3. The number of thiophene rings is 1. The van der Waals surface area contributed by atoms with Crippen molar-refractivity contribution in [3.05, 3.63) is 76.7 Å². The van der Waals surface area contributed by atoms with Crippen molar-refractivity contribution in [3.8, 4) is 11.6 Å². The SMILES string of the molecule is COc1cc(C(=O)c2ccccc2)cc2c1c(C(=O)Nc1cccs1)c(O)n2C(N)=O. The fraction of sp³-hybridized carbons (Fsp3) is 0.0455. The van der Waals surface area contributed by atoms with Gasteiger partial charge in [0, 0.05) is 11.1 Å². The number of hydrogen-bond acceptors (Lipinski definition) is 6. The number of ketones is 1. The van der Waals surface area contributed by atoms with Crippen molar-refractivity contribution < 1.29 is 24.2 Å². The Morgan fingerprint density at radius 2 is 1.81 bits per heavy atom. The molecule has 4 aromatic rings. The number of nitrogens with two attached hydrogens (primary N) is 1. The van der Waals surface area contributed by atoms with Crippen LogP contribution in [0.5, 0.6) is 11.6 Å². The number of ether oxygens (including phenoxy) is 1. The first-order valence-electron chi connectivity index (χ1n) is 9.12. The Labute approximate surface area is 180 Å². The van der Waals surface area contributed by atoms with Crippen LogP contribution in [0.2, 0.25) is 0 Å². The molecule has 0 radical (unpaired) electrons. The van der Waals surface area contributed by atoms with Crippen molar-refractivity contribution in [2.45, 2.75) is 0 Å². The molecule has 4 N–H and O–H groups in total. The maximum atomic E-state index is 13.0. The molecular weight excluding hydrogens is 418 g/mol. The molecule has 0 spiro atoms. The summed E-state index contributed by atoms with van der Waals surface area (Å²) < 4.78 is 6.20. The lowest BCUT2D eigenvalue weighted by molar-refractivity contribution is 0.102. The van der Waals surface area contributed by atoms with Gasteiger partial charge in [-0.05, 0) is 29.6 Å². The van der Waals surface area contributed by atoms with Gasteiger partial charge in [0.05, 0.1) is 23.0 Å². The second-order valence-electron chi connectivity index (χ2n) is 6.57. The lowest BCUT2D eigenvalue weighted by Crippen LogP contribution is -2.19. The van der Waals surface area contributed by atoms with E-state index >= 15 is 0 Å². The van der Waals surface area contributed by atoms with Crippen molar-refractivity contribution in [1.82, 2.24) is 4.57 Å². The van der Waals surface area contributed by atoms with Crippen molar-refractivity contribution in [1.29, 1.82) is 0 Å². The normalized spacial score (nSPS) is 10.7. The summed E-state index contributed by atoms with van der Waals surface area (Å²) in [7, 11) is 1.37. The van der Waals surface area contributed by atoms with E-state index < -0.39 is 17.8 Å². The van der Waals surface area contributed by atoms with Crippen LogP contribution in [-0.2, 0) is 0 Å². The number of aromatic nitrogens is 1. The molecule has 0 saturated heterocycles. The van der Waals surface area contributed by atoms with E-state index in [2.05, 4.69) is 5.32 Å². The third-order valence-corrected chi connectivity index (χ3v) is 5.52. The number of nitrogens with zero attached hydrogens (tertiary/aromatic N) is 1. The monoisotopic (exact) mass is 435 g/mol. The van der Waals surface area contributed by atoms with Crippen LogP contribution in [0.1, 0.15) is 26.3 Å². The Balaban J connectivity index is 1.94. The first-order chi connectivity index (χ1) is 14.9. The Bertz CT molecular complexity index is 1310. The van der Waals surface area contributed by atoms with Crippen LogP contribution in [0.25, 0.3) is 10.9 Å². The van der Waals surface area contributed by atoms with Crippen LogP contribution in [0.4, 0.5) is 9.80 Å². The summed E-state index contributed by atoms with van der Waals surface area (Å²) in [6.07, 6.45) is 0. The maximum Gasteiger partial charge on any atom is 0.326 e. The second-order valence-corrected chi connectivity index (χ2v) is 7.52. The third-order valence-electron chi connectivity index (χ3n) is 4.73. The molecule has 31 heavy (non-hydrogen) atoms. The summed E-state index contributed by atoms with van der Waals surface area (Å²) in [5.41, 5.74) is 6.01. The minimum absolute atomic E-state index is 0.0833. The van der Waals surface area contributed by atoms with Gasteiger partial charge in [0.15, 0.2) is 5.78 Å². The Morgan fingerprint density at radius 3 is 2.42 bits per heavy atom. The smallest absolute Gasteiger partial charge is 0.326 e. The average molecular weight is 435 g/mol. The Hall–Kier alpha value is -4.11. The number of benzene rings is 2. The van der Waals surface area contributed by atoms with Gasteiger partial charge in [-0.1, -0.05) is 30.3 Å². The molecular formula is C22H17N3O5S. The molecule has 0 saturated carbocycles. The van der Waals surface area contributed by atoms with Crippen LogP contribution < -0.4 is 15.8 Å². The van der Waals surface area contributed by atoms with Gasteiger partial charge in [0.25, 0.3) is 5.91 Å². The minimum Gasteiger partial charge on any atom is -0.496 e. The zero-order chi connectivity index (χ0) is 22.1. The molecule has 0 aliphatic heterocycles. The van der Waals surface area contributed by atoms with Crippen LogP contribution in [0, 0.1) is 0 Å². The van der Waals surface area contributed by atoms with Crippen LogP contribution in [0.3, 0.4) is 0 Å². The number of nitrogens with one attached hydrogen (secondary N) is 1. The number of methoxy groups -OCH3 is 1. The van der Waals surface area contributed by atoms with Crippen LogP contribution in [-0.4, -0.2) is 34.5 Å². The molecule has 0 bridgehead atoms. The number of amides is 2. The van der Waals surface area contributed by atoms with Crippen molar-refractivity contribution in [2.75, 3.05) is 12.4 Å². The number of primary amides is 1. The molecule has 0 fully saturated rings. The summed E-state index contributed by atoms with van der Waals surface area (Å²) in [6.45, 7) is 0. The number of aromatic hydroxyl groups is 1. The first-order valence-corrected chi connectivity index (χ1v) is 10.00. The van der Waals surface area contributed by atoms with E-state index in [0.29, 0.717) is 10.6 Å². The largest absolute Gasteiger partial charge is 0.496 e. The van der Waals surface area contributed by atoms with Crippen molar-refractivity contribution >= 4 is 45.0 Å². The quantitative estimate of drug-likeness (QED) is 0.411. The summed E-state index contributed by atoms with van der Waals surface area (Å²) in [6, 6.07) is 13.9. The molecule has 4 rings (SSSR count). The van der Waals surface area contributed by atoms with Gasteiger partial charge >= 0.3 is 6.03 Å². The number of carbonyl (C=O) groups is 3. The Kier molecular flexibility index (Phi) is 5.18. The molecule has 0 unspecified atom stereocenters. The third kappa shape index (κ3) is 3.51. The van der Waals surface area contributed by atoms with E-state index in [0.717, 1.165) is 4.57 Å². The van der Waals surface area contributed by atoms with Crippen LogP contribution >= 0.6 is 11.3 Å². The standard InChI is InChI=1S/C22H17N3O5S/c1-30-15-11-13(19(26)12-6-3-2-4-7-12)10-14-17(15)18(21(28)25(14)22(23)29)20(27)24-16-8-5-9-31-16/h2-11,28H,1H3,(H2,23,29)(H,24,27). The van der Waals surface area contributed by atoms with Gasteiger partial charge in [-0.15, -0.1) is 11.3 Å². The number of rotatable bonds is 5. The second kappa shape index (κ2) is 7.96. The predicted molar refractivity (Wildman–Crippen MR) is 117 cm³/mol. The minimum atomic E-state index is -1.01. The lowest BCUT2D eigenvalue weighted by Gasteiger charge is -2.09. The fourth-order valence-electron chi connectivity index (χ4n) is 3.38. The number of carbonyl (C=O) groups excluding carboxylic acids is 3. The van der Waals surface area contributed by atoms with Gasteiger partial charge in [-0.25, -0.2) is 9.36 Å². The van der Waals surface area contributed by atoms with E-state index in [1.54, 1.807) is 47.8 Å². The highest BCUT2D eigenvalue weighted by Crippen LogP contribution is 2.39. The number of fused-ring (bicyclic) bond motifs is 1. The molecule has 156 valence electrons. The molecule has 0 aliphatic rings. The average Bonchev–Trinajstić information content (AvgIpc) is 3.37. The zero-order valence-electron chi connectivity index (χ0n) is 16.3. The highest BCUT2D eigenvalue weighted by atomic mass is 32.1. The highest BCUT2D eigenvalue weighted by molar-refractivity contribution is 7.14. The van der Waals surface area contributed by atoms with Gasteiger partial charge in [-0.3, -0.25) is 9.59 Å². The molecule has 2 aromatic carbocycles. The van der Waals surface area contributed by atoms with E-state index in [9.17, 15) is 19.5 Å². The topological polar surface area (TPSA) is 124 Å². The lowest BCUT2D eigenvalue weighted by atomic mass is 10.0. The van der Waals surface area contributed by atoms with E-state index in [1.165, 1.54) is 30.6 Å². The highest BCUT2D eigenvalue weighted by Gasteiger charge is 2.29. The Morgan fingerprint density at radius 1 is 1.06 bits per heavy atom. The summed E-state index contributed by atoms with van der Waals surface area (Å²) in [5, 5.41) is 15.9. The molecule has 8 nitrogen and oxygen atoms in total. The molecule has 2 heterocycles. The summed E-state index contributed by atoms with van der Waals surface area (Å²) in [5.74, 6) is -1.46. The van der Waals surface area contributed by atoms with E-state index in [-0.39, 0.29) is 33.6 Å². The summed E-state index contributed by atoms with van der Waals surface area (Å²) in [4.78, 5) is 38.0. The van der Waals surface area contributed by atoms with E-state index in [1.807, 2.05) is 0 Å². The van der Waals surface area contributed by atoms with Crippen molar-refractivity contribution in [2.24, 2.45) is 5.73 Å². The van der Waals surface area contributed by atoms with Gasteiger partial charge in [-0.2, -0.15) is 0 Å². The number of anilines is 1. The van der Waals surface area contributed by atoms with Gasteiger partial charge in [0.1, 0.15) is 11.3 Å². The molecule has 0 atom stereocenters. The molecule has 2 aromatic heterocycles. The fourth-order valence-corrected chi connectivity index (χ4v) is 3.99. The predicted octanol–water partition coefficient (Wildman–Crippen LogP) is 3.83. The first kappa shape index (κ1) is 20.2. The van der Waals surface area contributed by atoms with Crippen LogP contribution in [0.15, 0.2) is 60.0 Å². The maximum absolute atomic E-state index is 13.0. The van der Waals surface area contributed by atoms with Gasteiger partial charge < -0.3 is 20.9 Å². The van der Waals surface area contributed by atoms with Crippen molar-refractivity contribution in [3.63, 3.8) is 0 Å².